The predicted octanol–water partition coefficient (Wildman–Crippen LogP) is 3.58. The minimum Gasteiger partial charge on any atom is -0.373 e. The van der Waals surface area contributed by atoms with Crippen molar-refractivity contribution in [3.8, 4) is 0 Å². The molecule has 3 nitrogen and oxygen atoms in total. The molecule has 0 amide bonds. The lowest BCUT2D eigenvalue weighted by atomic mass is 10.2. The third kappa shape index (κ3) is 4.16. The Balaban J connectivity index is 1.67. The zero-order chi connectivity index (χ0) is 16.1. The van der Waals surface area contributed by atoms with Crippen LogP contribution in [0.1, 0.15) is 6.42 Å². The fourth-order valence-electron chi connectivity index (χ4n) is 3.45. The first-order chi connectivity index (χ1) is 11.3. The van der Waals surface area contributed by atoms with Gasteiger partial charge in [-0.15, -0.1) is 0 Å². The molecule has 2 aromatic rings. The second-order valence-corrected chi connectivity index (χ2v) is 9.71. The molecule has 0 atom stereocenters. The molecular formula is C19H26AlN3. The van der Waals surface area contributed by atoms with Gasteiger partial charge < -0.3 is 12.7 Å². The summed E-state index contributed by atoms with van der Waals surface area (Å²) in [5.74, 6) is 0. The highest BCUT2D eigenvalue weighted by atomic mass is 27.2. The van der Waals surface area contributed by atoms with Gasteiger partial charge in [0.1, 0.15) is 0 Å². The van der Waals surface area contributed by atoms with Crippen LogP contribution in [0.15, 0.2) is 60.7 Å². The summed E-state index contributed by atoms with van der Waals surface area (Å²) < 4.78 is 5.21. The minimum atomic E-state index is -0.876. The maximum atomic E-state index is 2.61. The summed E-state index contributed by atoms with van der Waals surface area (Å²) in [5.41, 5.74) is 2.57. The molecular weight excluding hydrogens is 297 g/mol. The Morgan fingerprint density at radius 2 is 1.30 bits per heavy atom. The number of anilines is 2. The maximum Gasteiger partial charge on any atom is 0.488 e. The van der Waals surface area contributed by atoms with Crippen LogP contribution in [-0.4, -0.2) is 56.1 Å². The van der Waals surface area contributed by atoms with Crippen LogP contribution in [0.25, 0.3) is 0 Å². The van der Waals surface area contributed by atoms with E-state index < -0.39 is 14.6 Å². The van der Waals surface area contributed by atoms with Crippen LogP contribution in [0.2, 0.25) is 5.28 Å². The van der Waals surface area contributed by atoms with E-state index in [4.69, 9.17) is 0 Å². The van der Waals surface area contributed by atoms with E-state index in [0.717, 1.165) is 6.54 Å². The molecule has 3 rings (SSSR count). The summed E-state index contributed by atoms with van der Waals surface area (Å²) in [4.78, 5) is 2.45. The van der Waals surface area contributed by atoms with Gasteiger partial charge in [-0.1, -0.05) is 41.7 Å². The second-order valence-electron chi connectivity index (χ2n) is 6.41. The van der Waals surface area contributed by atoms with Gasteiger partial charge in [0.25, 0.3) is 0 Å². The average Bonchev–Trinajstić information content (AvgIpc) is 2.92. The Labute approximate surface area is 145 Å². The molecule has 0 unspecified atom stereocenters. The van der Waals surface area contributed by atoms with Gasteiger partial charge in [0.2, 0.25) is 0 Å². The van der Waals surface area contributed by atoms with Gasteiger partial charge in [-0.2, -0.15) is 0 Å². The molecule has 1 fully saturated rings. The van der Waals surface area contributed by atoms with Crippen molar-refractivity contribution in [2.45, 2.75) is 11.7 Å². The van der Waals surface area contributed by atoms with E-state index in [0.29, 0.717) is 0 Å². The number of likely N-dealkylation sites (N-methyl/N-ethyl adjacent to an activating group) is 2. The Morgan fingerprint density at radius 3 is 1.78 bits per heavy atom. The van der Waals surface area contributed by atoms with Crippen LogP contribution in [0.3, 0.4) is 0 Å². The highest BCUT2D eigenvalue weighted by molar-refractivity contribution is 6.53. The van der Waals surface area contributed by atoms with Crippen LogP contribution in [-0.2, 0) is 0 Å². The number of nitrogens with zero attached hydrogens (tertiary/aromatic N) is 3. The molecule has 0 spiro atoms. The van der Waals surface area contributed by atoms with Crippen LogP contribution >= 0.6 is 0 Å². The van der Waals surface area contributed by atoms with E-state index >= 15 is 0 Å². The van der Waals surface area contributed by atoms with Crippen molar-refractivity contribution in [1.82, 2.24) is 7.77 Å². The molecule has 0 aromatic heterocycles. The molecule has 2 aromatic carbocycles. The standard InChI is InChI=1S/C15H16N.C4H10N2.Al/c1-2-13-16(14-9-5-3-6-10-14)15-11-7-4-8-12-15;1-5-3-4-6-2;/h3-12H,1-2,13H2;3-4H2,1-2H3;/q;-2;+2. The summed E-state index contributed by atoms with van der Waals surface area (Å²) in [6.45, 7) is 3.57. The van der Waals surface area contributed by atoms with Gasteiger partial charge >= 0.3 is 14.6 Å². The van der Waals surface area contributed by atoms with Crippen LogP contribution in [0.5, 0.6) is 0 Å². The first-order valence-electron chi connectivity index (χ1n) is 8.54. The molecule has 120 valence electrons. The molecule has 0 aliphatic carbocycles. The third-order valence-electron chi connectivity index (χ3n) is 4.80. The van der Waals surface area contributed by atoms with Crippen LogP contribution in [0.4, 0.5) is 11.4 Å². The quantitative estimate of drug-likeness (QED) is 0.752. The lowest BCUT2D eigenvalue weighted by Gasteiger charge is -2.26. The third-order valence-corrected chi connectivity index (χ3v) is 8.28. The first kappa shape index (κ1) is 16.5. The van der Waals surface area contributed by atoms with Crippen LogP contribution < -0.4 is 4.90 Å². The second kappa shape index (κ2) is 7.99. The lowest BCUT2D eigenvalue weighted by molar-refractivity contribution is 0.553. The van der Waals surface area contributed by atoms with E-state index in [1.807, 2.05) is 0 Å². The molecule has 1 saturated heterocycles. The molecule has 0 N–H and O–H groups in total. The number of para-hydroxylation sites is 2. The van der Waals surface area contributed by atoms with Crippen molar-refractivity contribution >= 4 is 26.0 Å². The van der Waals surface area contributed by atoms with Gasteiger partial charge in [0.15, 0.2) is 0 Å². The zero-order valence-corrected chi connectivity index (χ0v) is 15.4. The average molecular weight is 323 g/mol. The van der Waals surface area contributed by atoms with E-state index in [2.05, 4.69) is 87.4 Å². The minimum absolute atomic E-state index is 0.876. The number of hydrogen-bond acceptors (Lipinski definition) is 3. The summed E-state index contributed by atoms with van der Waals surface area (Å²) in [7, 11) is 4.60. The highest BCUT2D eigenvalue weighted by Gasteiger charge is 2.34. The molecule has 0 bridgehead atoms. The normalized spacial score (nSPS) is 16.0. The smallest absolute Gasteiger partial charge is 0.373 e. The van der Waals surface area contributed by atoms with E-state index in [-0.39, 0.29) is 0 Å². The summed E-state index contributed by atoms with van der Waals surface area (Å²) in [5, 5.41) is 1.35. The van der Waals surface area contributed by atoms with Gasteiger partial charge in [-0.3, -0.25) is 0 Å². The Bertz CT molecular complexity index is 541. The van der Waals surface area contributed by atoms with Crippen molar-refractivity contribution in [1.29, 1.82) is 0 Å². The van der Waals surface area contributed by atoms with E-state index in [1.165, 1.54) is 36.2 Å². The van der Waals surface area contributed by atoms with E-state index in [9.17, 15) is 0 Å². The zero-order valence-electron chi connectivity index (χ0n) is 14.2. The number of benzene rings is 2. The van der Waals surface area contributed by atoms with Crippen molar-refractivity contribution in [3.63, 3.8) is 0 Å². The molecule has 1 aliphatic heterocycles. The predicted molar refractivity (Wildman–Crippen MR) is 100 cm³/mol. The van der Waals surface area contributed by atoms with Crippen molar-refractivity contribution < 1.29 is 0 Å². The van der Waals surface area contributed by atoms with Gasteiger partial charge in [-0.25, -0.2) is 0 Å². The number of rotatable bonds is 6. The van der Waals surface area contributed by atoms with Gasteiger partial charge in [-0.05, 0) is 57.9 Å². The van der Waals surface area contributed by atoms with Crippen LogP contribution in [0, 0.1) is 0 Å². The SMILES string of the molecule is C[N]1CC[N](C)[Al]1[CH2]CCN(c1ccccc1)c1ccccc1. The molecule has 0 radical (unpaired) electrons. The van der Waals surface area contributed by atoms with E-state index in [1.54, 1.807) is 0 Å². The van der Waals surface area contributed by atoms with Crippen molar-refractivity contribution in [2.24, 2.45) is 0 Å². The number of hydrogen-bond donors (Lipinski definition) is 0. The summed E-state index contributed by atoms with van der Waals surface area (Å²) >= 11 is -0.876. The fraction of sp³-hybridized carbons (Fsp3) is 0.368. The molecule has 1 heterocycles. The maximum absolute atomic E-state index is 2.61. The monoisotopic (exact) mass is 323 g/mol. The topological polar surface area (TPSA) is 9.72 Å². The largest absolute Gasteiger partial charge is 0.488 e. The Kier molecular flexibility index (Phi) is 5.75. The summed E-state index contributed by atoms with van der Waals surface area (Å²) in [6, 6.07) is 21.5. The van der Waals surface area contributed by atoms with Gasteiger partial charge in [0.05, 0.1) is 0 Å². The first-order valence-corrected chi connectivity index (χ1v) is 10.4. The Hall–Kier alpha value is -1.31. The molecule has 23 heavy (non-hydrogen) atoms. The van der Waals surface area contributed by atoms with Crippen molar-refractivity contribution in [2.75, 3.05) is 38.6 Å². The van der Waals surface area contributed by atoms with Gasteiger partial charge in [0, 0.05) is 17.9 Å². The fourth-order valence-corrected chi connectivity index (χ4v) is 6.38. The molecule has 0 saturated carbocycles. The van der Waals surface area contributed by atoms with Crippen molar-refractivity contribution in [3.05, 3.63) is 60.7 Å². The molecule has 4 heteroatoms. The Morgan fingerprint density at radius 1 is 0.826 bits per heavy atom. The molecule has 1 aliphatic rings. The lowest BCUT2D eigenvalue weighted by Crippen LogP contribution is -2.40. The summed E-state index contributed by atoms with van der Waals surface area (Å²) in [6.07, 6.45) is 1.25. The highest BCUT2D eigenvalue weighted by Crippen LogP contribution is 2.25.